The lowest BCUT2D eigenvalue weighted by Gasteiger charge is -2.37. The van der Waals surface area contributed by atoms with Crippen molar-refractivity contribution in [1.82, 2.24) is 9.80 Å². The molecule has 0 saturated carbocycles. The fraction of sp³-hybridized carbons (Fsp3) is 0.857. The molecule has 1 saturated heterocycles. The maximum absolute atomic E-state index is 12.3. The van der Waals surface area contributed by atoms with Crippen molar-refractivity contribution < 1.29 is 14.3 Å². The minimum Gasteiger partial charge on any atom is -0.444 e. The van der Waals surface area contributed by atoms with Crippen molar-refractivity contribution >= 4 is 6.09 Å². The summed E-state index contributed by atoms with van der Waals surface area (Å²) < 4.78 is 10.5. The average Bonchev–Trinajstić information content (AvgIpc) is 2.38. The Bertz CT molecular complexity index is 352. The number of methoxy groups -OCH3 is 1. The second kappa shape index (κ2) is 7.34. The van der Waals surface area contributed by atoms with Gasteiger partial charge in [0.2, 0.25) is 0 Å². The highest BCUT2D eigenvalue weighted by molar-refractivity contribution is 5.68. The molecule has 0 bridgehead atoms. The van der Waals surface area contributed by atoms with E-state index in [4.69, 9.17) is 14.7 Å². The largest absolute Gasteiger partial charge is 0.444 e. The zero-order chi connectivity index (χ0) is 15.2. The molecule has 1 aliphatic heterocycles. The van der Waals surface area contributed by atoms with Gasteiger partial charge in [0.25, 0.3) is 0 Å². The lowest BCUT2D eigenvalue weighted by Crippen LogP contribution is -2.49. The lowest BCUT2D eigenvalue weighted by atomic mass is 10.0. The van der Waals surface area contributed by atoms with Crippen LogP contribution in [0.25, 0.3) is 0 Å². The minimum atomic E-state index is -0.504. The summed E-state index contributed by atoms with van der Waals surface area (Å²) in [6.45, 7) is 7.95. The van der Waals surface area contributed by atoms with E-state index in [1.807, 2.05) is 20.8 Å². The van der Waals surface area contributed by atoms with Crippen LogP contribution in [0.1, 0.15) is 33.6 Å². The van der Waals surface area contributed by atoms with Gasteiger partial charge in [-0.25, -0.2) is 4.79 Å². The molecule has 0 aromatic rings. The molecule has 1 aliphatic rings. The van der Waals surface area contributed by atoms with Crippen molar-refractivity contribution in [2.45, 2.75) is 45.3 Å². The van der Waals surface area contributed by atoms with Gasteiger partial charge >= 0.3 is 6.09 Å². The third-order valence-electron chi connectivity index (χ3n) is 3.21. The van der Waals surface area contributed by atoms with E-state index >= 15 is 0 Å². The van der Waals surface area contributed by atoms with Crippen LogP contribution in [0.15, 0.2) is 0 Å². The van der Waals surface area contributed by atoms with Crippen LogP contribution in [0.5, 0.6) is 0 Å². The molecule has 0 spiro atoms. The summed E-state index contributed by atoms with van der Waals surface area (Å²) >= 11 is 0. The van der Waals surface area contributed by atoms with Gasteiger partial charge in [-0.15, -0.1) is 0 Å². The van der Waals surface area contributed by atoms with E-state index in [0.717, 1.165) is 12.8 Å². The van der Waals surface area contributed by atoms with Crippen LogP contribution >= 0.6 is 0 Å². The van der Waals surface area contributed by atoms with Crippen LogP contribution in [-0.2, 0) is 9.47 Å². The fourth-order valence-corrected chi connectivity index (χ4v) is 2.21. The molecule has 114 valence electrons. The number of nitriles is 1. The van der Waals surface area contributed by atoms with Gasteiger partial charge in [-0.05, 0) is 33.6 Å². The van der Waals surface area contributed by atoms with E-state index in [1.165, 1.54) is 0 Å². The predicted octanol–water partition coefficient (Wildman–Crippen LogP) is 1.82. The van der Waals surface area contributed by atoms with Crippen molar-refractivity contribution in [3.05, 3.63) is 0 Å². The Kier molecular flexibility index (Phi) is 6.08. The van der Waals surface area contributed by atoms with E-state index in [0.29, 0.717) is 26.2 Å². The molecule has 6 nitrogen and oxygen atoms in total. The Hall–Kier alpha value is -1.48. The van der Waals surface area contributed by atoms with Crippen LogP contribution < -0.4 is 0 Å². The Morgan fingerprint density at radius 3 is 2.45 bits per heavy atom. The molecule has 1 amide bonds. The zero-order valence-electron chi connectivity index (χ0n) is 12.9. The maximum atomic E-state index is 12.3. The van der Waals surface area contributed by atoms with Crippen LogP contribution in [0.3, 0.4) is 0 Å². The second-order valence-electron chi connectivity index (χ2n) is 5.98. The standard InChI is InChI=1S/C14H25N3O3/c1-14(2,3)20-13(18)17(9-10-19-4)12-5-7-16(11-15)8-6-12/h12H,5-10H2,1-4H3. The highest BCUT2D eigenvalue weighted by Crippen LogP contribution is 2.19. The van der Waals surface area contributed by atoms with E-state index in [2.05, 4.69) is 6.19 Å². The first-order valence-corrected chi connectivity index (χ1v) is 7.00. The van der Waals surface area contributed by atoms with Gasteiger partial charge in [0, 0.05) is 32.8 Å². The first-order chi connectivity index (χ1) is 9.37. The molecule has 0 aromatic carbocycles. The quantitative estimate of drug-likeness (QED) is 0.736. The minimum absolute atomic E-state index is 0.115. The Morgan fingerprint density at radius 1 is 1.40 bits per heavy atom. The molecule has 20 heavy (non-hydrogen) atoms. The predicted molar refractivity (Wildman–Crippen MR) is 75.0 cm³/mol. The molecule has 0 atom stereocenters. The van der Waals surface area contributed by atoms with Gasteiger partial charge < -0.3 is 19.3 Å². The topological polar surface area (TPSA) is 65.8 Å². The van der Waals surface area contributed by atoms with E-state index < -0.39 is 5.60 Å². The van der Waals surface area contributed by atoms with Gasteiger partial charge in [0.15, 0.2) is 6.19 Å². The zero-order valence-corrected chi connectivity index (χ0v) is 12.9. The third-order valence-corrected chi connectivity index (χ3v) is 3.21. The maximum Gasteiger partial charge on any atom is 0.410 e. The summed E-state index contributed by atoms with van der Waals surface area (Å²) in [4.78, 5) is 15.7. The molecule has 1 fully saturated rings. The van der Waals surface area contributed by atoms with Crippen LogP contribution in [0.4, 0.5) is 4.79 Å². The van der Waals surface area contributed by atoms with Crippen molar-refractivity contribution in [2.75, 3.05) is 33.4 Å². The van der Waals surface area contributed by atoms with Gasteiger partial charge in [0.05, 0.1) is 6.61 Å². The number of hydrogen-bond donors (Lipinski definition) is 0. The number of piperidine rings is 1. The lowest BCUT2D eigenvalue weighted by molar-refractivity contribution is 0.00424. The summed E-state index contributed by atoms with van der Waals surface area (Å²) in [5, 5.41) is 8.87. The van der Waals surface area contributed by atoms with Crippen molar-refractivity contribution in [1.29, 1.82) is 5.26 Å². The molecule has 1 heterocycles. The van der Waals surface area contributed by atoms with Crippen LogP contribution in [0, 0.1) is 11.5 Å². The molecular weight excluding hydrogens is 258 g/mol. The van der Waals surface area contributed by atoms with Gasteiger partial charge in [-0.3, -0.25) is 0 Å². The molecule has 1 rings (SSSR count). The summed E-state index contributed by atoms with van der Waals surface area (Å²) in [6, 6.07) is 0.115. The molecule has 0 aromatic heterocycles. The van der Waals surface area contributed by atoms with Crippen LogP contribution in [0.2, 0.25) is 0 Å². The van der Waals surface area contributed by atoms with Gasteiger partial charge in [-0.1, -0.05) is 0 Å². The SMILES string of the molecule is COCCN(C(=O)OC(C)(C)C)C1CCN(C#N)CC1. The normalized spacial score (nSPS) is 16.6. The third kappa shape index (κ3) is 5.25. The summed E-state index contributed by atoms with van der Waals surface area (Å²) in [6.07, 6.45) is 3.42. The molecular formula is C14H25N3O3. The monoisotopic (exact) mass is 283 g/mol. The van der Waals surface area contributed by atoms with Crippen LogP contribution in [-0.4, -0.2) is 60.9 Å². The number of likely N-dealkylation sites (tertiary alicyclic amines) is 1. The highest BCUT2D eigenvalue weighted by atomic mass is 16.6. The summed E-state index contributed by atoms with van der Waals surface area (Å²) in [5.74, 6) is 0. The Morgan fingerprint density at radius 2 is 2.00 bits per heavy atom. The number of hydrogen-bond acceptors (Lipinski definition) is 5. The summed E-state index contributed by atoms with van der Waals surface area (Å²) in [7, 11) is 1.62. The Balaban J connectivity index is 2.64. The number of amides is 1. The molecule has 0 aliphatic carbocycles. The number of rotatable bonds is 4. The van der Waals surface area contributed by atoms with Gasteiger partial charge in [-0.2, -0.15) is 5.26 Å². The number of nitrogens with zero attached hydrogens (tertiary/aromatic N) is 3. The smallest absolute Gasteiger partial charge is 0.410 e. The first-order valence-electron chi connectivity index (χ1n) is 7.00. The van der Waals surface area contributed by atoms with E-state index in [9.17, 15) is 4.79 Å². The van der Waals surface area contributed by atoms with E-state index in [-0.39, 0.29) is 12.1 Å². The first kappa shape index (κ1) is 16.6. The average molecular weight is 283 g/mol. The second-order valence-corrected chi connectivity index (χ2v) is 5.98. The fourth-order valence-electron chi connectivity index (χ4n) is 2.21. The number of carbonyl (C=O) groups excluding carboxylic acids is 1. The Labute approximate surface area is 121 Å². The van der Waals surface area contributed by atoms with Crippen molar-refractivity contribution in [2.24, 2.45) is 0 Å². The van der Waals surface area contributed by atoms with E-state index in [1.54, 1.807) is 16.9 Å². The molecule has 6 heteroatoms. The molecule has 0 radical (unpaired) electrons. The number of carbonyl (C=O) groups is 1. The highest BCUT2D eigenvalue weighted by Gasteiger charge is 2.30. The molecule has 0 N–H and O–H groups in total. The van der Waals surface area contributed by atoms with Gasteiger partial charge in [0.1, 0.15) is 5.60 Å². The van der Waals surface area contributed by atoms with Crippen molar-refractivity contribution in [3.8, 4) is 6.19 Å². The van der Waals surface area contributed by atoms with Crippen molar-refractivity contribution in [3.63, 3.8) is 0 Å². The summed E-state index contributed by atoms with van der Waals surface area (Å²) in [5.41, 5.74) is -0.504. The molecule has 0 unspecified atom stereocenters. The number of ether oxygens (including phenoxy) is 2.